The largest absolute Gasteiger partial charge is 0.368 e. The number of anilines is 3. The zero-order valence-electron chi connectivity index (χ0n) is 17.1. The van der Waals surface area contributed by atoms with Gasteiger partial charge < -0.3 is 20.4 Å². The molecule has 5 aliphatic rings. The van der Waals surface area contributed by atoms with E-state index in [1.54, 1.807) is 19.3 Å². The molecular formula is C21H26N8O. The summed E-state index contributed by atoms with van der Waals surface area (Å²) in [7, 11) is 0. The zero-order chi connectivity index (χ0) is 20.4. The van der Waals surface area contributed by atoms with E-state index in [1.807, 2.05) is 6.07 Å². The van der Waals surface area contributed by atoms with Crippen LogP contribution in [0.1, 0.15) is 32.6 Å². The SMILES string of the molecule is CC(=O)N1C2CCC1CN(c1cc(-c3cnc(N)nc3)nc(N3CC4CC3C4)n1)C2. The summed E-state index contributed by atoms with van der Waals surface area (Å²) in [6, 6.07) is 3.12. The fourth-order valence-electron chi connectivity index (χ4n) is 5.71. The lowest BCUT2D eigenvalue weighted by Crippen LogP contribution is -2.55. The van der Waals surface area contributed by atoms with Gasteiger partial charge in [-0.3, -0.25) is 4.79 Å². The average molecular weight is 406 g/mol. The highest BCUT2D eigenvalue weighted by Gasteiger charge is 2.45. The van der Waals surface area contributed by atoms with Crippen LogP contribution < -0.4 is 15.5 Å². The Labute approximate surface area is 175 Å². The van der Waals surface area contributed by atoms with E-state index in [1.165, 1.54) is 12.8 Å². The van der Waals surface area contributed by atoms with Crippen molar-refractivity contribution in [3.8, 4) is 11.3 Å². The van der Waals surface area contributed by atoms with Crippen LogP contribution in [0.15, 0.2) is 18.5 Å². The van der Waals surface area contributed by atoms with Gasteiger partial charge in [0.1, 0.15) is 5.82 Å². The van der Waals surface area contributed by atoms with Crippen molar-refractivity contribution in [2.45, 2.75) is 50.7 Å². The van der Waals surface area contributed by atoms with Crippen molar-refractivity contribution in [3.05, 3.63) is 18.5 Å². The number of nitrogens with zero attached hydrogens (tertiary/aromatic N) is 7. The second kappa shape index (κ2) is 6.52. The number of hydrogen-bond acceptors (Lipinski definition) is 8. The van der Waals surface area contributed by atoms with Gasteiger partial charge in [-0.25, -0.2) is 15.0 Å². The number of carbonyl (C=O) groups excluding carboxylic acids is 1. The van der Waals surface area contributed by atoms with Crippen molar-refractivity contribution in [1.29, 1.82) is 0 Å². The second-order valence-corrected chi connectivity index (χ2v) is 9.10. The topological polar surface area (TPSA) is 104 Å². The fraction of sp³-hybridized carbons (Fsp3) is 0.571. The van der Waals surface area contributed by atoms with Gasteiger partial charge in [0, 0.05) is 68.7 Å². The molecule has 0 radical (unpaired) electrons. The first-order valence-corrected chi connectivity index (χ1v) is 10.8. The third-order valence-electron chi connectivity index (χ3n) is 7.20. The molecule has 0 aromatic carbocycles. The van der Waals surface area contributed by atoms with Crippen molar-refractivity contribution in [1.82, 2.24) is 24.8 Å². The molecule has 30 heavy (non-hydrogen) atoms. The zero-order valence-corrected chi connectivity index (χ0v) is 17.1. The summed E-state index contributed by atoms with van der Waals surface area (Å²) in [5, 5.41) is 0. The molecule has 4 bridgehead atoms. The van der Waals surface area contributed by atoms with Gasteiger partial charge in [-0.2, -0.15) is 4.98 Å². The standard InChI is InChI=1S/C21H26N8O/c1-12(30)29-15-2-3-16(29)11-27(10-15)19-6-18(14-7-23-20(22)24-8-14)25-21(26-19)28-9-13-4-17(28)5-13/h6-8,13,15-17H,2-5,9-11H2,1H3,(H2,22,23,24). The molecule has 4 saturated heterocycles. The van der Waals surface area contributed by atoms with Crippen molar-refractivity contribution >= 4 is 23.6 Å². The molecule has 7 rings (SSSR count). The molecule has 5 fully saturated rings. The van der Waals surface area contributed by atoms with Crippen molar-refractivity contribution in [3.63, 3.8) is 0 Å². The Morgan fingerprint density at radius 3 is 2.33 bits per heavy atom. The summed E-state index contributed by atoms with van der Waals surface area (Å²) < 4.78 is 0. The number of piperazine rings is 1. The maximum atomic E-state index is 12.1. The molecule has 2 atom stereocenters. The first-order valence-electron chi connectivity index (χ1n) is 10.8. The third-order valence-corrected chi connectivity index (χ3v) is 7.20. The van der Waals surface area contributed by atoms with Crippen LogP contribution in [0.5, 0.6) is 0 Å². The van der Waals surface area contributed by atoms with Crippen LogP contribution in [0, 0.1) is 5.92 Å². The number of nitrogen functional groups attached to an aromatic ring is 1. The molecule has 9 nitrogen and oxygen atoms in total. The Bertz CT molecular complexity index is 975. The fourth-order valence-corrected chi connectivity index (χ4v) is 5.71. The van der Waals surface area contributed by atoms with Crippen molar-refractivity contribution in [2.75, 3.05) is 35.2 Å². The predicted molar refractivity (Wildman–Crippen MR) is 113 cm³/mol. The number of nitrogens with two attached hydrogens (primary N) is 1. The van der Waals surface area contributed by atoms with Gasteiger partial charge in [-0.1, -0.05) is 0 Å². The molecular weight excluding hydrogens is 380 g/mol. The molecule has 9 heteroatoms. The Morgan fingerprint density at radius 2 is 1.73 bits per heavy atom. The third kappa shape index (κ3) is 2.79. The molecule has 1 saturated carbocycles. The van der Waals surface area contributed by atoms with Crippen molar-refractivity contribution < 1.29 is 4.79 Å². The summed E-state index contributed by atoms with van der Waals surface area (Å²) in [6.45, 7) is 4.35. The van der Waals surface area contributed by atoms with Gasteiger partial charge in [-0.15, -0.1) is 0 Å². The Balaban J connectivity index is 1.37. The lowest BCUT2D eigenvalue weighted by atomic mass is 9.86. The van der Waals surface area contributed by atoms with E-state index in [9.17, 15) is 4.79 Å². The highest BCUT2D eigenvalue weighted by atomic mass is 16.2. The van der Waals surface area contributed by atoms with E-state index < -0.39 is 0 Å². The molecule has 156 valence electrons. The molecule has 2 aromatic rings. The monoisotopic (exact) mass is 406 g/mol. The van der Waals surface area contributed by atoms with Gasteiger partial charge in [0.25, 0.3) is 0 Å². The molecule has 1 aliphatic carbocycles. The molecule has 2 N–H and O–H groups in total. The molecule has 1 amide bonds. The first kappa shape index (κ1) is 17.9. The molecule has 6 heterocycles. The number of fused-ring (bicyclic) bond motifs is 3. The van der Waals surface area contributed by atoms with Crippen LogP contribution in [0.25, 0.3) is 11.3 Å². The minimum absolute atomic E-state index is 0.182. The van der Waals surface area contributed by atoms with Gasteiger partial charge in [0.15, 0.2) is 0 Å². The minimum Gasteiger partial charge on any atom is -0.368 e. The van der Waals surface area contributed by atoms with E-state index >= 15 is 0 Å². The summed E-state index contributed by atoms with van der Waals surface area (Å²) in [6.07, 6.45) is 8.06. The average Bonchev–Trinajstić information content (AvgIpc) is 3.39. The van der Waals surface area contributed by atoms with E-state index in [0.29, 0.717) is 6.04 Å². The maximum absolute atomic E-state index is 12.1. The van der Waals surface area contributed by atoms with Crippen LogP contribution in [-0.4, -0.2) is 68.5 Å². The first-order chi connectivity index (χ1) is 14.5. The lowest BCUT2D eigenvalue weighted by molar-refractivity contribution is -0.132. The molecule has 2 unspecified atom stereocenters. The highest BCUT2D eigenvalue weighted by molar-refractivity contribution is 5.75. The van der Waals surface area contributed by atoms with E-state index in [0.717, 1.165) is 61.4 Å². The Kier molecular flexibility index (Phi) is 3.88. The lowest BCUT2D eigenvalue weighted by Gasteiger charge is -2.41. The smallest absolute Gasteiger partial charge is 0.228 e. The Morgan fingerprint density at radius 1 is 1.03 bits per heavy atom. The van der Waals surface area contributed by atoms with Gasteiger partial charge in [0.2, 0.25) is 17.8 Å². The van der Waals surface area contributed by atoms with Crippen LogP contribution in [0.4, 0.5) is 17.7 Å². The van der Waals surface area contributed by atoms with Gasteiger partial charge in [0.05, 0.1) is 5.69 Å². The molecule has 4 aliphatic heterocycles. The van der Waals surface area contributed by atoms with Crippen LogP contribution in [-0.2, 0) is 4.79 Å². The highest BCUT2D eigenvalue weighted by Crippen LogP contribution is 2.43. The van der Waals surface area contributed by atoms with E-state index in [4.69, 9.17) is 15.7 Å². The van der Waals surface area contributed by atoms with Crippen LogP contribution in [0.3, 0.4) is 0 Å². The van der Waals surface area contributed by atoms with Gasteiger partial charge >= 0.3 is 0 Å². The van der Waals surface area contributed by atoms with E-state index in [-0.39, 0.29) is 23.9 Å². The van der Waals surface area contributed by atoms with E-state index in [2.05, 4.69) is 24.7 Å². The number of aromatic nitrogens is 4. The van der Waals surface area contributed by atoms with Crippen LogP contribution >= 0.6 is 0 Å². The minimum atomic E-state index is 0.182. The Hall–Kier alpha value is -2.97. The van der Waals surface area contributed by atoms with Crippen molar-refractivity contribution in [2.24, 2.45) is 5.92 Å². The summed E-state index contributed by atoms with van der Waals surface area (Å²) in [5.74, 6) is 2.94. The maximum Gasteiger partial charge on any atom is 0.228 e. The van der Waals surface area contributed by atoms with Gasteiger partial charge in [-0.05, 0) is 31.6 Å². The summed E-state index contributed by atoms with van der Waals surface area (Å²) in [5.41, 5.74) is 7.33. The summed E-state index contributed by atoms with van der Waals surface area (Å²) >= 11 is 0. The van der Waals surface area contributed by atoms with Crippen LogP contribution in [0.2, 0.25) is 0 Å². The normalized spacial score (nSPS) is 29.3. The number of carbonyl (C=O) groups is 1. The quantitative estimate of drug-likeness (QED) is 0.814. The second-order valence-electron chi connectivity index (χ2n) is 9.10. The predicted octanol–water partition coefficient (Wildman–Crippen LogP) is 1.31. The number of amides is 1. The number of rotatable bonds is 3. The molecule has 0 spiro atoms. The molecule has 2 aromatic heterocycles. The number of hydrogen-bond donors (Lipinski definition) is 1. The summed E-state index contributed by atoms with van der Waals surface area (Å²) in [4.78, 5) is 37.0.